The molecule has 98 valence electrons. The van der Waals surface area contributed by atoms with Gasteiger partial charge in [-0.25, -0.2) is 0 Å². The molecule has 0 saturated carbocycles. The zero-order valence-electron chi connectivity index (χ0n) is 10.5. The molecule has 0 amide bonds. The molecule has 0 radical (unpaired) electrons. The number of piperazine rings is 1. The number of rotatable bonds is 3. The Morgan fingerprint density at radius 3 is 2.72 bits per heavy atom. The molecule has 18 heavy (non-hydrogen) atoms. The number of hydrogen-bond acceptors (Lipinski definition) is 3. The Hall–Kier alpha value is -0.520. The molecule has 2 rings (SSSR count). The molecule has 1 aliphatic rings. The zero-order valence-corrected chi connectivity index (χ0v) is 12.9. The van der Waals surface area contributed by atoms with Gasteiger partial charge in [0.05, 0.1) is 5.75 Å². The summed E-state index contributed by atoms with van der Waals surface area (Å²) >= 11 is 5.20. The normalized spacial score (nSPS) is 16.9. The second-order valence-corrected chi connectivity index (χ2v) is 6.45. The highest BCUT2D eigenvalue weighted by Crippen LogP contribution is 2.22. The molecule has 1 heterocycles. The summed E-state index contributed by atoms with van der Waals surface area (Å²) in [6.45, 7) is 4.08. The van der Waals surface area contributed by atoms with Gasteiger partial charge in [0.15, 0.2) is 0 Å². The van der Waals surface area contributed by atoms with Crippen LogP contribution in [0.15, 0.2) is 33.6 Å². The van der Waals surface area contributed by atoms with Crippen molar-refractivity contribution in [3.63, 3.8) is 0 Å². The molecule has 1 aromatic carbocycles. The van der Waals surface area contributed by atoms with E-state index in [1.54, 1.807) is 11.8 Å². The predicted octanol–water partition coefficient (Wildman–Crippen LogP) is 2.77. The lowest BCUT2D eigenvalue weighted by atomic mass is 10.3. The average Bonchev–Trinajstić information content (AvgIpc) is 2.37. The second kappa shape index (κ2) is 6.59. The van der Waals surface area contributed by atoms with Gasteiger partial charge in [0.2, 0.25) is 0 Å². The summed E-state index contributed by atoms with van der Waals surface area (Å²) in [5, 5.41) is 8.13. The molecule has 0 spiro atoms. The Kier molecular flexibility index (Phi) is 5.09. The van der Waals surface area contributed by atoms with Crippen molar-refractivity contribution in [3.8, 4) is 0 Å². The van der Waals surface area contributed by atoms with Crippen LogP contribution in [0, 0.1) is 5.41 Å². The zero-order chi connectivity index (χ0) is 13.0. The van der Waals surface area contributed by atoms with Crippen LogP contribution in [-0.4, -0.2) is 54.6 Å². The third-order valence-electron chi connectivity index (χ3n) is 3.06. The topological polar surface area (TPSA) is 30.3 Å². The number of nitrogens with one attached hydrogen (secondary N) is 1. The third-order valence-corrected chi connectivity index (χ3v) is 4.55. The maximum Gasteiger partial charge on any atom is 0.106 e. The van der Waals surface area contributed by atoms with Crippen LogP contribution in [0.25, 0.3) is 0 Å². The van der Waals surface area contributed by atoms with Gasteiger partial charge in [-0.15, -0.1) is 11.8 Å². The smallest absolute Gasteiger partial charge is 0.106 e. The molecule has 0 aromatic heterocycles. The van der Waals surface area contributed by atoms with Crippen molar-refractivity contribution in [3.05, 3.63) is 28.7 Å². The molecular formula is C13H18BrN3S. The fraction of sp³-hybridized carbons (Fsp3) is 0.462. The van der Waals surface area contributed by atoms with Gasteiger partial charge in [-0.1, -0.05) is 22.0 Å². The molecule has 1 fully saturated rings. The Morgan fingerprint density at radius 2 is 2.06 bits per heavy atom. The lowest BCUT2D eigenvalue weighted by molar-refractivity contribution is 0.214. The maximum absolute atomic E-state index is 8.13. The fourth-order valence-electron chi connectivity index (χ4n) is 1.88. The van der Waals surface area contributed by atoms with Crippen molar-refractivity contribution in [1.29, 1.82) is 5.41 Å². The highest BCUT2D eigenvalue weighted by atomic mass is 79.9. The maximum atomic E-state index is 8.13. The number of benzene rings is 1. The van der Waals surface area contributed by atoms with Crippen molar-refractivity contribution in [2.45, 2.75) is 4.90 Å². The van der Waals surface area contributed by atoms with Crippen LogP contribution >= 0.6 is 27.7 Å². The molecule has 1 aliphatic heterocycles. The number of nitrogens with zero attached hydrogens (tertiary/aromatic N) is 2. The van der Waals surface area contributed by atoms with Crippen molar-refractivity contribution in [2.75, 3.05) is 39.0 Å². The quantitative estimate of drug-likeness (QED) is 0.526. The van der Waals surface area contributed by atoms with Crippen LogP contribution in [0.1, 0.15) is 0 Å². The first kappa shape index (κ1) is 13.9. The lowest BCUT2D eigenvalue weighted by Crippen LogP contribution is -2.47. The standard InChI is InChI=1S/C13H18BrN3S/c1-16-5-7-17(8-6-16)13(15)10-18-12-4-2-3-11(14)9-12/h2-4,9,15H,5-8,10H2,1H3. The van der Waals surface area contributed by atoms with E-state index in [-0.39, 0.29) is 0 Å². The summed E-state index contributed by atoms with van der Waals surface area (Å²) in [6.07, 6.45) is 0. The number of likely N-dealkylation sites (N-methyl/N-ethyl adjacent to an activating group) is 1. The summed E-state index contributed by atoms with van der Waals surface area (Å²) in [5.41, 5.74) is 0. The molecule has 1 aromatic rings. The van der Waals surface area contributed by atoms with E-state index in [9.17, 15) is 0 Å². The first-order chi connectivity index (χ1) is 8.65. The highest BCUT2D eigenvalue weighted by Gasteiger charge is 2.16. The molecule has 0 aliphatic carbocycles. The number of hydrogen-bond donors (Lipinski definition) is 1. The van der Waals surface area contributed by atoms with E-state index in [0.717, 1.165) is 42.2 Å². The first-order valence-electron chi connectivity index (χ1n) is 6.04. The molecule has 3 nitrogen and oxygen atoms in total. The van der Waals surface area contributed by atoms with Gasteiger partial charge in [0.25, 0.3) is 0 Å². The van der Waals surface area contributed by atoms with E-state index in [0.29, 0.717) is 0 Å². The lowest BCUT2D eigenvalue weighted by Gasteiger charge is -2.34. The van der Waals surface area contributed by atoms with Crippen LogP contribution in [-0.2, 0) is 0 Å². The van der Waals surface area contributed by atoms with E-state index in [4.69, 9.17) is 5.41 Å². The molecule has 1 N–H and O–H groups in total. The number of amidine groups is 1. The Bertz CT molecular complexity index is 416. The first-order valence-corrected chi connectivity index (χ1v) is 7.82. The minimum absolute atomic E-state index is 0.744. The monoisotopic (exact) mass is 327 g/mol. The van der Waals surface area contributed by atoms with Crippen LogP contribution in [0.2, 0.25) is 0 Å². The molecule has 0 atom stereocenters. The van der Waals surface area contributed by atoms with E-state index in [2.05, 4.69) is 44.9 Å². The molecule has 0 bridgehead atoms. The summed E-state index contributed by atoms with van der Waals surface area (Å²) in [6, 6.07) is 8.25. The minimum atomic E-state index is 0.744. The fourth-order valence-corrected chi connectivity index (χ4v) is 3.30. The highest BCUT2D eigenvalue weighted by molar-refractivity contribution is 9.10. The number of halogens is 1. The second-order valence-electron chi connectivity index (χ2n) is 4.48. The van der Waals surface area contributed by atoms with Crippen molar-refractivity contribution < 1.29 is 0 Å². The summed E-state index contributed by atoms with van der Waals surface area (Å²) in [4.78, 5) is 5.71. The van der Waals surface area contributed by atoms with E-state index >= 15 is 0 Å². The average molecular weight is 328 g/mol. The van der Waals surface area contributed by atoms with Gasteiger partial charge in [0.1, 0.15) is 5.84 Å². The largest absolute Gasteiger partial charge is 0.357 e. The minimum Gasteiger partial charge on any atom is -0.357 e. The molecule has 0 unspecified atom stereocenters. The summed E-state index contributed by atoms with van der Waals surface area (Å²) in [7, 11) is 2.14. The molecule has 5 heteroatoms. The Labute approximate surface area is 121 Å². The van der Waals surface area contributed by atoms with Gasteiger partial charge < -0.3 is 9.80 Å². The van der Waals surface area contributed by atoms with Gasteiger partial charge in [-0.2, -0.15) is 0 Å². The van der Waals surface area contributed by atoms with E-state index in [1.807, 2.05) is 12.1 Å². The summed E-state index contributed by atoms with van der Waals surface area (Å²) < 4.78 is 1.10. The Balaban J connectivity index is 1.81. The van der Waals surface area contributed by atoms with Gasteiger partial charge >= 0.3 is 0 Å². The van der Waals surface area contributed by atoms with Crippen molar-refractivity contribution >= 4 is 33.5 Å². The van der Waals surface area contributed by atoms with E-state index in [1.165, 1.54) is 4.90 Å². The van der Waals surface area contributed by atoms with Crippen LogP contribution in [0.4, 0.5) is 0 Å². The number of thioether (sulfide) groups is 1. The van der Waals surface area contributed by atoms with Crippen molar-refractivity contribution in [1.82, 2.24) is 9.80 Å². The van der Waals surface area contributed by atoms with Crippen molar-refractivity contribution in [2.24, 2.45) is 0 Å². The van der Waals surface area contributed by atoms with E-state index < -0.39 is 0 Å². The third kappa shape index (κ3) is 4.00. The predicted molar refractivity (Wildman–Crippen MR) is 81.7 cm³/mol. The van der Waals surface area contributed by atoms with Crippen LogP contribution in [0.3, 0.4) is 0 Å². The SMILES string of the molecule is CN1CCN(C(=N)CSc2cccc(Br)c2)CC1. The Morgan fingerprint density at radius 1 is 1.33 bits per heavy atom. The van der Waals surface area contributed by atoms with Crippen LogP contribution < -0.4 is 0 Å². The van der Waals surface area contributed by atoms with Crippen LogP contribution in [0.5, 0.6) is 0 Å². The summed E-state index contributed by atoms with van der Waals surface area (Å²) in [5.74, 6) is 1.49. The van der Waals surface area contributed by atoms with Gasteiger partial charge in [-0.05, 0) is 25.2 Å². The van der Waals surface area contributed by atoms with Gasteiger partial charge in [0, 0.05) is 35.5 Å². The molecular weight excluding hydrogens is 310 g/mol. The molecule has 1 saturated heterocycles. The van der Waals surface area contributed by atoms with Gasteiger partial charge in [-0.3, -0.25) is 5.41 Å².